The standard InChI is InChI=1S/C11H21N3O/c1-9(2)12-6-11(8-15-4)14-7-10(3)5-13-14/h5,7,9,11-12H,6,8H2,1-4H3. The third kappa shape index (κ3) is 4.01. The Morgan fingerprint density at radius 2 is 2.27 bits per heavy atom. The van der Waals surface area contributed by atoms with E-state index >= 15 is 0 Å². The molecule has 0 saturated carbocycles. The van der Waals surface area contributed by atoms with Crippen LogP contribution in [-0.4, -0.2) is 36.1 Å². The highest BCUT2D eigenvalue weighted by atomic mass is 16.5. The van der Waals surface area contributed by atoms with Gasteiger partial charge in [-0.25, -0.2) is 0 Å². The smallest absolute Gasteiger partial charge is 0.0876 e. The number of aromatic nitrogens is 2. The zero-order valence-electron chi connectivity index (χ0n) is 10.0. The Labute approximate surface area is 91.6 Å². The molecule has 0 aliphatic rings. The molecule has 86 valence electrons. The average molecular weight is 211 g/mol. The normalized spacial score (nSPS) is 13.4. The molecule has 1 heterocycles. The minimum Gasteiger partial charge on any atom is -0.382 e. The second-order valence-corrected chi connectivity index (χ2v) is 4.17. The molecular formula is C11H21N3O. The average Bonchev–Trinajstić information content (AvgIpc) is 2.59. The van der Waals surface area contributed by atoms with Gasteiger partial charge in [-0.2, -0.15) is 5.10 Å². The fourth-order valence-corrected chi connectivity index (χ4v) is 1.43. The predicted molar refractivity (Wildman–Crippen MR) is 61.0 cm³/mol. The van der Waals surface area contributed by atoms with Gasteiger partial charge in [-0.3, -0.25) is 4.68 Å². The van der Waals surface area contributed by atoms with Crippen LogP contribution in [0, 0.1) is 6.92 Å². The highest BCUT2D eigenvalue weighted by molar-refractivity contribution is 5.00. The fourth-order valence-electron chi connectivity index (χ4n) is 1.43. The number of rotatable bonds is 6. The maximum absolute atomic E-state index is 5.20. The van der Waals surface area contributed by atoms with Crippen LogP contribution in [0.4, 0.5) is 0 Å². The molecule has 4 heteroatoms. The second kappa shape index (κ2) is 5.88. The summed E-state index contributed by atoms with van der Waals surface area (Å²) in [7, 11) is 1.72. The van der Waals surface area contributed by atoms with Crippen LogP contribution >= 0.6 is 0 Å². The van der Waals surface area contributed by atoms with Crippen LogP contribution in [0.5, 0.6) is 0 Å². The largest absolute Gasteiger partial charge is 0.382 e. The van der Waals surface area contributed by atoms with Gasteiger partial charge in [-0.05, 0) is 12.5 Å². The zero-order chi connectivity index (χ0) is 11.3. The Hall–Kier alpha value is -0.870. The summed E-state index contributed by atoms with van der Waals surface area (Å²) in [6, 6.07) is 0.757. The first kappa shape index (κ1) is 12.2. The zero-order valence-corrected chi connectivity index (χ0v) is 10.0. The molecule has 0 spiro atoms. The van der Waals surface area contributed by atoms with Gasteiger partial charge in [-0.15, -0.1) is 0 Å². The van der Waals surface area contributed by atoms with Gasteiger partial charge in [0.25, 0.3) is 0 Å². The number of aryl methyl sites for hydroxylation is 1. The number of ether oxygens (including phenoxy) is 1. The lowest BCUT2D eigenvalue weighted by Crippen LogP contribution is -2.32. The first-order valence-corrected chi connectivity index (χ1v) is 5.36. The fraction of sp³-hybridized carbons (Fsp3) is 0.727. The molecule has 0 bridgehead atoms. The van der Waals surface area contributed by atoms with Crippen molar-refractivity contribution in [3.05, 3.63) is 18.0 Å². The number of hydrogen-bond acceptors (Lipinski definition) is 3. The Morgan fingerprint density at radius 3 is 2.73 bits per heavy atom. The van der Waals surface area contributed by atoms with Gasteiger partial charge in [-0.1, -0.05) is 13.8 Å². The highest BCUT2D eigenvalue weighted by Gasteiger charge is 2.11. The van der Waals surface area contributed by atoms with Gasteiger partial charge in [0.2, 0.25) is 0 Å². The van der Waals surface area contributed by atoms with Crippen LogP contribution in [0.3, 0.4) is 0 Å². The Morgan fingerprint density at radius 1 is 1.53 bits per heavy atom. The Bertz CT molecular complexity index is 283. The van der Waals surface area contributed by atoms with E-state index in [2.05, 4.69) is 24.3 Å². The number of nitrogens with zero attached hydrogens (tertiary/aromatic N) is 2. The Kier molecular flexibility index (Phi) is 4.78. The van der Waals surface area contributed by atoms with Crippen molar-refractivity contribution in [2.75, 3.05) is 20.3 Å². The van der Waals surface area contributed by atoms with E-state index in [-0.39, 0.29) is 6.04 Å². The molecule has 1 atom stereocenters. The second-order valence-electron chi connectivity index (χ2n) is 4.17. The summed E-state index contributed by atoms with van der Waals surface area (Å²) < 4.78 is 7.17. The van der Waals surface area contributed by atoms with E-state index in [9.17, 15) is 0 Å². The van der Waals surface area contributed by atoms with E-state index in [4.69, 9.17) is 4.74 Å². The monoisotopic (exact) mass is 211 g/mol. The lowest BCUT2D eigenvalue weighted by Gasteiger charge is -2.18. The summed E-state index contributed by atoms with van der Waals surface area (Å²) in [6.45, 7) is 7.88. The van der Waals surface area contributed by atoms with Crippen LogP contribution < -0.4 is 5.32 Å². The number of methoxy groups -OCH3 is 1. The van der Waals surface area contributed by atoms with Crippen molar-refractivity contribution in [3.8, 4) is 0 Å². The van der Waals surface area contributed by atoms with E-state index in [0.29, 0.717) is 12.6 Å². The molecule has 0 fully saturated rings. The summed E-state index contributed by atoms with van der Waals surface area (Å²) in [5, 5.41) is 7.71. The molecule has 15 heavy (non-hydrogen) atoms. The minimum atomic E-state index is 0.270. The van der Waals surface area contributed by atoms with Gasteiger partial charge >= 0.3 is 0 Å². The van der Waals surface area contributed by atoms with Crippen molar-refractivity contribution >= 4 is 0 Å². The van der Waals surface area contributed by atoms with Crippen LogP contribution in [0.2, 0.25) is 0 Å². The summed E-state index contributed by atoms with van der Waals surface area (Å²) >= 11 is 0. The van der Waals surface area contributed by atoms with Gasteiger partial charge in [0.1, 0.15) is 0 Å². The maximum Gasteiger partial charge on any atom is 0.0876 e. The topological polar surface area (TPSA) is 39.1 Å². The van der Waals surface area contributed by atoms with E-state index in [1.165, 1.54) is 5.56 Å². The van der Waals surface area contributed by atoms with Crippen molar-refractivity contribution in [2.24, 2.45) is 0 Å². The minimum absolute atomic E-state index is 0.270. The van der Waals surface area contributed by atoms with Crippen LogP contribution in [0.25, 0.3) is 0 Å². The van der Waals surface area contributed by atoms with Gasteiger partial charge < -0.3 is 10.1 Å². The molecule has 0 saturated heterocycles. The quantitative estimate of drug-likeness (QED) is 0.772. The van der Waals surface area contributed by atoms with Crippen LogP contribution in [0.15, 0.2) is 12.4 Å². The Balaban J connectivity index is 2.57. The van der Waals surface area contributed by atoms with Gasteiger partial charge in [0, 0.05) is 25.9 Å². The van der Waals surface area contributed by atoms with E-state index < -0.39 is 0 Å². The van der Waals surface area contributed by atoms with Gasteiger partial charge in [0.15, 0.2) is 0 Å². The van der Waals surface area contributed by atoms with Crippen molar-refractivity contribution in [3.63, 3.8) is 0 Å². The van der Waals surface area contributed by atoms with E-state index in [1.54, 1.807) is 7.11 Å². The molecule has 1 rings (SSSR count). The van der Waals surface area contributed by atoms with Crippen molar-refractivity contribution in [2.45, 2.75) is 32.9 Å². The highest BCUT2D eigenvalue weighted by Crippen LogP contribution is 2.06. The van der Waals surface area contributed by atoms with Crippen LogP contribution in [-0.2, 0) is 4.74 Å². The molecule has 0 aliphatic heterocycles. The summed E-state index contributed by atoms with van der Waals surface area (Å²) in [5.74, 6) is 0. The molecule has 0 aliphatic carbocycles. The molecule has 1 aromatic heterocycles. The van der Waals surface area contributed by atoms with Crippen molar-refractivity contribution in [1.29, 1.82) is 0 Å². The van der Waals surface area contributed by atoms with Crippen LogP contribution in [0.1, 0.15) is 25.5 Å². The predicted octanol–water partition coefficient (Wildman–Crippen LogP) is 1.38. The molecule has 4 nitrogen and oxygen atoms in total. The molecule has 1 unspecified atom stereocenters. The first-order valence-electron chi connectivity index (χ1n) is 5.36. The van der Waals surface area contributed by atoms with E-state index in [1.807, 2.05) is 24.0 Å². The van der Waals surface area contributed by atoms with Crippen molar-refractivity contribution in [1.82, 2.24) is 15.1 Å². The molecular weight excluding hydrogens is 190 g/mol. The van der Waals surface area contributed by atoms with E-state index in [0.717, 1.165) is 6.54 Å². The molecule has 1 N–H and O–H groups in total. The molecule has 0 aromatic carbocycles. The van der Waals surface area contributed by atoms with Gasteiger partial charge in [0.05, 0.1) is 18.8 Å². The molecule has 0 amide bonds. The number of nitrogens with one attached hydrogen (secondary N) is 1. The SMILES string of the molecule is COCC(CNC(C)C)n1cc(C)cn1. The number of hydrogen-bond donors (Lipinski definition) is 1. The maximum atomic E-state index is 5.20. The summed E-state index contributed by atoms with van der Waals surface area (Å²) in [5.41, 5.74) is 1.18. The molecule has 1 aromatic rings. The summed E-state index contributed by atoms with van der Waals surface area (Å²) in [6.07, 6.45) is 3.92. The lowest BCUT2D eigenvalue weighted by atomic mass is 10.3. The van der Waals surface area contributed by atoms with Crippen molar-refractivity contribution < 1.29 is 4.74 Å². The molecule has 0 radical (unpaired) electrons. The lowest BCUT2D eigenvalue weighted by molar-refractivity contribution is 0.147. The third-order valence-electron chi connectivity index (χ3n) is 2.23. The third-order valence-corrected chi connectivity index (χ3v) is 2.23. The summed E-state index contributed by atoms with van der Waals surface area (Å²) in [4.78, 5) is 0. The first-order chi connectivity index (χ1) is 7.13.